The second-order valence-electron chi connectivity index (χ2n) is 5.85. The van der Waals surface area contributed by atoms with Crippen LogP contribution >= 0.6 is 11.6 Å². The summed E-state index contributed by atoms with van der Waals surface area (Å²) in [7, 11) is 0. The topological polar surface area (TPSA) is 46.2 Å². The summed E-state index contributed by atoms with van der Waals surface area (Å²) in [5.41, 5.74) is 6.15. The molecule has 2 nitrogen and oxygen atoms in total. The molecule has 3 N–H and O–H groups in total. The Kier molecular flexibility index (Phi) is 5.05. The summed E-state index contributed by atoms with van der Waals surface area (Å²) in [5, 5.41) is 10.9. The largest absolute Gasteiger partial charge is 0.392 e. The molecule has 0 aliphatic heterocycles. The van der Waals surface area contributed by atoms with Gasteiger partial charge in [-0.15, -0.1) is 0 Å². The Labute approximate surface area is 125 Å². The van der Waals surface area contributed by atoms with Crippen molar-refractivity contribution in [1.29, 1.82) is 0 Å². The number of aliphatic hydroxyl groups excluding tert-OH is 1. The van der Waals surface area contributed by atoms with E-state index < -0.39 is 17.8 Å². The molecule has 1 aliphatic rings. The van der Waals surface area contributed by atoms with Gasteiger partial charge in [0.25, 0.3) is 0 Å². The van der Waals surface area contributed by atoms with Crippen molar-refractivity contribution in [3.05, 3.63) is 34.6 Å². The Bertz CT molecular complexity index is 460. The molecule has 1 aromatic carbocycles. The first-order valence-corrected chi connectivity index (χ1v) is 7.75. The molecule has 2 unspecified atom stereocenters. The molecule has 0 spiro atoms. The summed E-state index contributed by atoms with van der Waals surface area (Å²) < 4.78 is 14.2. The van der Waals surface area contributed by atoms with E-state index in [1.54, 1.807) is 12.1 Å². The minimum atomic E-state index is -0.618. The van der Waals surface area contributed by atoms with Crippen LogP contribution in [-0.4, -0.2) is 17.8 Å². The van der Waals surface area contributed by atoms with Gasteiger partial charge in [-0.25, -0.2) is 4.39 Å². The Balaban J connectivity index is 2.34. The fourth-order valence-corrected chi connectivity index (χ4v) is 3.78. The summed E-state index contributed by atoms with van der Waals surface area (Å²) in [5.74, 6) is -0.848. The molecule has 1 aliphatic carbocycles. The molecular formula is C16H23ClFNO. The van der Waals surface area contributed by atoms with Gasteiger partial charge >= 0.3 is 0 Å². The Morgan fingerprint density at radius 2 is 2.05 bits per heavy atom. The zero-order valence-corrected chi connectivity index (χ0v) is 12.7. The van der Waals surface area contributed by atoms with Gasteiger partial charge in [0.15, 0.2) is 0 Å². The fourth-order valence-electron chi connectivity index (χ4n) is 3.60. The Morgan fingerprint density at radius 3 is 2.60 bits per heavy atom. The molecule has 0 aromatic heterocycles. The molecule has 4 heteroatoms. The van der Waals surface area contributed by atoms with Crippen LogP contribution in [0.1, 0.15) is 50.5 Å². The molecular weight excluding hydrogens is 277 g/mol. The quantitative estimate of drug-likeness (QED) is 0.867. The molecule has 1 fully saturated rings. The van der Waals surface area contributed by atoms with E-state index in [2.05, 4.69) is 6.92 Å². The van der Waals surface area contributed by atoms with Gasteiger partial charge in [0.1, 0.15) is 5.82 Å². The van der Waals surface area contributed by atoms with Crippen LogP contribution < -0.4 is 5.73 Å². The van der Waals surface area contributed by atoms with Crippen LogP contribution in [0.3, 0.4) is 0 Å². The molecule has 112 valence electrons. The van der Waals surface area contributed by atoms with Crippen molar-refractivity contribution in [2.24, 2.45) is 11.1 Å². The normalized spacial score (nSPS) is 20.9. The molecule has 1 saturated carbocycles. The molecule has 2 atom stereocenters. The Hall–Kier alpha value is -0.640. The van der Waals surface area contributed by atoms with Crippen LogP contribution in [0.4, 0.5) is 4.39 Å². The van der Waals surface area contributed by atoms with Crippen LogP contribution in [0.2, 0.25) is 5.02 Å². The molecule has 0 amide bonds. The smallest absolute Gasteiger partial charge is 0.145 e. The highest BCUT2D eigenvalue weighted by Gasteiger charge is 2.43. The molecule has 20 heavy (non-hydrogen) atoms. The number of halogens is 2. The molecule has 1 aromatic rings. The number of nitrogens with two attached hydrogens (primary N) is 1. The van der Waals surface area contributed by atoms with Gasteiger partial charge in [-0.1, -0.05) is 43.5 Å². The number of benzene rings is 1. The maximum absolute atomic E-state index is 14.2. The van der Waals surface area contributed by atoms with E-state index in [1.807, 2.05) is 0 Å². The lowest BCUT2D eigenvalue weighted by atomic mass is 9.71. The molecule has 0 heterocycles. The third kappa shape index (κ3) is 2.72. The van der Waals surface area contributed by atoms with Gasteiger partial charge in [0, 0.05) is 12.5 Å². The fraction of sp³-hybridized carbons (Fsp3) is 0.625. The van der Waals surface area contributed by atoms with Gasteiger partial charge in [-0.05, 0) is 36.3 Å². The summed E-state index contributed by atoms with van der Waals surface area (Å²) in [6, 6.07) is 4.91. The zero-order valence-electron chi connectivity index (χ0n) is 11.9. The average molecular weight is 300 g/mol. The zero-order chi connectivity index (χ0) is 14.8. The highest BCUT2D eigenvalue weighted by molar-refractivity contribution is 6.30. The van der Waals surface area contributed by atoms with Crippen molar-refractivity contribution in [1.82, 2.24) is 0 Å². The number of rotatable bonds is 5. The predicted molar refractivity (Wildman–Crippen MR) is 80.4 cm³/mol. The minimum Gasteiger partial charge on any atom is -0.392 e. The maximum atomic E-state index is 14.2. The van der Waals surface area contributed by atoms with Gasteiger partial charge in [0.2, 0.25) is 0 Å². The van der Waals surface area contributed by atoms with E-state index in [4.69, 9.17) is 17.3 Å². The third-order valence-electron chi connectivity index (χ3n) is 4.95. The van der Waals surface area contributed by atoms with Gasteiger partial charge in [-0.3, -0.25) is 0 Å². The van der Waals surface area contributed by atoms with Gasteiger partial charge in [0.05, 0.1) is 11.1 Å². The second kappa shape index (κ2) is 6.42. The maximum Gasteiger partial charge on any atom is 0.145 e. The van der Waals surface area contributed by atoms with Crippen molar-refractivity contribution in [3.63, 3.8) is 0 Å². The van der Waals surface area contributed by atoms with Crippen molar-refractivity contribution >= 4 is 11.6 Å². The second-order valence-corrected chi connectivity index (χ2v) is 6.26. The standard InChI is InChI=1S/C16H23ClFNO/c1-2-16(8-3-4-9-16)15(20)12(10-19)11-6-5-7-13(17)14(11)18/h5-7,12,15,20H,2-4,8-10,19H2,1H3. The van der Waals surface area contributed by atoms with Gasteiger partial charge < -0.3 is 10.8 Å². The van der Waals surface area contributed by atoms with Crippen LogP contribution in [0, 0.1) is 11.2 Å². The number of aliphatic hydroxyl groups is 1. The number of hydrogen-bond donors (Lipinski definition) is 2. The van der Waals surface area contributed by atoms with E-state index >= 15 is 0 Å². The lowest BCUT2D eigenvalue weighted by Gasteiger charge is -2.38. The van der Waals surface area contributed by atoms with Crippen LogP contribution in [0.5, 0.6) is 0 Å². The van der Waals surface area contributed by atoms with E-state index in [-0.39, 0.29) is 17.0 Å². The van der Waals surface area contributed by atoms with E-state index in [9.17, 15) is 9.50 Å². The van der Waals surface area contributed by atoms with Crippen molar-refractivity contribution < 1.29 is 9.50 Å². The van der Waals surface area contributed by atoms with Gasteiger partial charge in [-0.2, -0.15) is 0 Å². The summed E-state index contributed by atoms with van der Waals surface area (Å²) in [4.78, 5) is 0. The van der Waals surface area contributed by atoms with Crippen molar-refractivity contribution in [2.45, 2.75) is 51.0 Å². The SMILES string of the molecule is CCC1(C(O)C(CN)c2cccc(Cl)c2F)CCCC1. The van der Waals surface area contributed by atoms with Crippen LogP contribution in [0.15, 0.2) is 18.2 Å². The first-order valence-electron chi connectivity index (χ1n) is 7.38. The molecule has 0 radical (unpaired) electrons. The van der Waals surface area contributed by atoms with E-state index in [1.165, 1.54) is 6.07 Å². The Morgan fingerprint density at radius 1 is 1.40 bits per heavy atom. The summed E-state index contributed by atoms with van der Waals surface area (Å²) in [6.07, 6.45) is 4.51. The number of hydrogen-bond acceptors (Lipinski definition) is 2. The third-order valence-corrected chi connectivity index (χ3v) is 5.24. The lowest BCUT2D eigenvalue weighted by Crippen LogP contribution is -2.40. The summed E-state index contributed by atoms with van der Waals surface area (Å²) in [6.45, 7) is 2.32. The first-order chi connectivity index (χ1) is 9.55. The van der Waals surface area contributed by atoms with Crippen LogP contribution in [-0.2, 0) is 0 Å². The molecule has 0 saturated heterocycles. The van der Waals surface area contributed by atoms with Crippen LogP contribution in [0.25, 0.3) is 0 Å². The summed E-state index contributed by atoms with van der Waals surface area (Å²) >= 11 is 5.85. The molecule has 0 bridgehead atoms. The average Bonchev–Trinajstić information content (AvgIpc) is 2.94. The highest BCUT2D eigenvalue weighted by atomic mass is 35.5. The van der Waals surface area contributed by atoms with E-state index in [0.29, 0.717) is 5.56 Å². The predicted octanol–water partition coefficient (Wildman–Crippen LogP) is 3.85. The minimum absolute atomic E-state index is 0.0881. The lowest BCUT2D eigenvalue weighted by molar-refractivity contribution is 0.00525. The highest BCUT2D eigenvalue weighted by Crippen LogP contribution is 2.48. The van der Waals surface area contributed by atoms with E-state index in [0.717, 1.165) is 32.1 Å². The van der Waals surface area contributed by atoms with Crippen molar-refractivity contribution in [3.8, 4) is 0 Å². The van der Waals surface area contributed by atoms with Crippen molar-refractivity contribution in [2.75, 3.05) is 6.54 Å². The molecule has 2 rings (SSSR count). The monoisotopic (exact) mass is 299 g/mol. The first kappa shape index (κ1) is 15.7.